The Morgan fingerprint density at radius 3 is 1.62 bits per heavy atom. The molecule has 0 spiro atoms. The largest absolute Gasteiger partial charge is 0.454 e. The number of nitrogens with one attached hydrogen (secondary N) is 1. The molecule has 0 aliphatic carbocycles. The minimum Gasteiger partial charge on any atom is -0.359 e. The number of carbonyl (C=O) groups excluding carboxylic acids is 1. The summed E-state index contributed by atoms with van der Waals surface area (Å²) in [5.74, 6) is -2.31. The highest BCUT2D eigenvalue weighted by Crippen LogP contribution is 2.37. The molecule has 0 saturated carbocycles. The number of alkyl halides is 9. The second kappa shape index (κ2) is 6.36. The van der Waals surface area contributed by atoms with Gasteiger partial charge in [-0.15, -0.1) is 0 Å². The maximum absolute atomic E-state index is 12.6. The van der Waals surface area contributed by atoms with Crippen LogP contribution in [0.15, 0.2) is 30.0 Å². The number of ketones is 1. The molecule has 1 aromatic carbocycles. The van der Waals surface area contributed by atoms with E-state index in [1.54, 1.807) is 0 Å². The van der Waals surface area contributed by atoms with Crippen LogP contribution in [0, 0.1) is 0 Å². The maximum atomic E-state index is 12.6. The lowest BCUT2D eigenvalue weighted by atomic mass is 10.1. The van der Waals surface area contributed by atoms with Crippen molar-refractivity contribution in [1.29, 1.82) is 0 Å². The van der Waals surface area contributed by atoms with Gasteiger partial charge in [0.15, 0.2) is 0 Å². The van der Waals surface area contributed by atoms with Crippen molar-refractivity contribution < 1.29 is 44.3 Å². The molecule has 1 N–H and O–H groups in total. The quantitative estimate of drug-likeness (QED) is 0.591. The average Bonchev–Trinajstić information content (AvgIpc) is 2.34. The summed E-state index contributed by atoms with van der Waals surface area (Å²) < 4.78 is 112. The van der Waals surface area contributed by atoms with Crippen LogP contribution < -0.4 is 5.32 Å². The summed E-state index contributed by atoms with van der Waals surface area (Å²) in [7, 11) is 0. The third-order valence-corrected chi connectivity index (χ3v) is 2.56. The molecule has 11 heteroatoms. The number of carbonyl (C=O) groups is 1. The van der Waals surface area contributed by atoms with Crippen molar-refractivity contribution in [3.05, 3.63) is 41.1 Å². The van der Waals surface area contributed by atoms with Crippen molar-refractivity contribution in [3.8, 4) is 0 Å². The molecule has 1 aromatic rings. The normalized spacial score (nSPS) is 13.8. The van der Waals surface area contributed by atoms with E-state index in [1.807, 2.05) is 5.32 Å². The Kier molecular flexibility index (Phi) is 5.26. The summed E-state index contributed by atoms with van der Waals surface area (Å²) in [5, 5.41) is 1.91. The molecule has 0 aliphatic rings. The lowest BCUT2D eigenvalue weighted by Crippen LogP contribution is -2.21. The first kappa shape index (κ1) is 19.8. The minimum atomic E-state index is -5.21. The van der Waals surface area contributed by atoms with Crippen LogP contribution in [0.25, 0.3) is 0 Å². The van der Waals surface area contributed by atoms with Gasteiger partial charge in [-0.1, -0.05) is 0 Å². The molecule has 0 radical (unpaired) electrons. The van der Waals surface area contributed by atoms with Gasteiger partial charge in [0, 0.05) is 17.5 Å². The van der Waals surface area contributed by atoms with E-state index in [-0.39, 0.29) is 24.3 Å². The van der Waals surface area contributed by atoms with E-state index in [4.69, 9.17) is 0 Å². The topological polar surface area (TPSA) is 29.1 Å². The van der Waals surface area contributed by atoms with Gasteiger partial charge < -0.3 is 5.32 Å². The fourth-order valence-electron chi connectivity index (χ4n) is 1.57. The summed E-state index contributed by atoms with van der Waals surface area (Å²) in [6, 6.07) is 0.431. The zero-order valence-corrected chi connectivity index (χ0v) is 11.6. The minimum absolute atomic E-state index is 0.0214. The van der Waals surface area contributed by atoms with E-state index in [0.29, 0.717) is 0 Å². The van der Waals surface area contributed by atoms with Crippen LogP contribution in [0.4, 0.5) is 45.2 Å². The highest BCUT2D eigenvalue weighted by molar-refractivity contribution is 5.95. The fraction of sp³-hybridized carbons (Fsp3) is 0.308. The number of benzene rings is 1. The standard InChI is InChI=1S/C13H8F9NO/c1-6(2-10(24)13(20,21)22)23-9-4-7(11(14,15)16)3-8(5-9)12(17,18)19/h2-5,23H,1H3. The number of rotatable bonds is 3. The van der Waals surface area contributed by atoms with Gasteiger partial charge in [-0.25, -0.2) is 0 Å². The van der Waals surface area contributed by atoms with Gasteiger partial charge in [-0.2, -0.15) is 39.5 Å². The highest BCUT2D eigenvalue weighted by atomic mass is 19.4. The third-order valence-electron chi connectivity index (χ3n) is 2.56. The third kappa shape index (κ3) is 5.46. The van der Waals surface area contributed by atoms with Gasteiger partial charge in [0.2, 0.25) is 0 Å². The van der Waals surface area contributed by atoms with Crippen molar-refractivity contribution in [1.82, 2.24) is 0 Å². The highest BCUT2D eigenvalue weighted by Gasteiger charge is 2.38. The summed E-state index contributed by atoms with van der Waals surface area (Å²) in [4.78, 5) is 10.7. The first-order valence-electron chi connectivity index (χ1n) is 5.96. The van der Waals surface area contributed by atoms with Gasteiger partial charge in [0.1, 0.15) is 0 Å². The van der Waals surface area contributed by atoms with Crippen molar-refractivity contribution in [2.24, 2.45) is 0 Å². The lowest BCUT2D eigenvalue weighted by Gasteiger charge is -2.15. The number of hydrogen-bond acceptors (Lipinski definition) is 2. The van der Waals surface area contributed by atoms with E-state index in [0.717, 1.165) is 6.92 Å². The van der Waals surface area contributed by atoms with Crippen molar-refractivity contribution in [2.75, 3.05) is 5.32 Å². The molecule has 0 atom stereocenters. The Morgan fingerprint density at radius 2 is 1.29 bits per heavy atom. The van der Waals surface area contributed by atoms with Crippen LogP contribution in [0.2, 0.25) is 0 Å². The van der Waals surface area contributed by atoms with Gasteiger partial charge >= 0.3 is 18.5 Å². The second-order valence-electron chi connectivity index (χ2n) is 4.61. The fourth-order valence-corrected chi connectivity index (χ4v) is 1.57. The van der Waals surface area contributed by atoms with E-state index < -0.39 is 46.8 Å². The molecule has 0 bridgehead atoms. The van der Waals surface area contributed by atoms with Crippen LogP contribution in [0.1, 0.15) is 18.1 Å². The van der Waals surface area contributed by atoms with Gasteiger partial charge in [-0.05, 0) is 25.1 Å². The van der Waals surface area contributed by atoms with Gasteiger partial charge in [0.05, 0.1) is 11.1 Å². The average molecular weight is 365 g/mol. The van der Waals surface area contributed by atoms with Crippen LogP contribution in [0.3, 0.4) is 0 Å². The van der Waals surface area contributed by atoms with Crippen LogP contribution >= 0.6 is 0 Å². The Balaban J connectivity index is 3.25. The van der Waals surface area contributed by atoms with Crippen LogP contribution in [-0.2, 0) is 17.1 Å². The van der Waals surface area contributed by atoms with Crippen LogP contribution in [-0.4, -0.2) is 12.0 Å². The molecule has 0 amide bonds. The molecule has 0 heterocycles. The van der Waals surface area contributed by atoms with Crippen LogP contribution in [0.5, 0.6) is 0 Å². The van der Waals surface area contributed by atoms with E-state index in [1.165, 1.54) is 0 Å². The Morgan fingerprint density at radius 1 is 0.875 bits per heavy atom. The van der Waals surface area contributed by atoms with E-state index in [2.05, 4.69) is 0 Å². The molecule has 0 aromatic heterocycles. The molecule has 0 saturated heterocycles. The molecule has 1 rings (SSSR count). The zero-order chi connectivity index (χ0) is 18.9. The Hall–Kier alpha value is -2.20. The molecule has 0 fully saturated rings. The number of halogens is 9. The van der Waals surface area contributed by atoms with Gasteiger partial charge in [0.25, 0.3) is 5.78 Å². The molecule has 2 nitrogen and oxygen atoms in total. The first-order chi connectivity index (χ1) is 10.6. The molecule has 0 unspecified atom stereocenters. The summed E-state index contributed by atoms with van der Waals surface area (Å²) in [6.07, 6.45) is -15.4. The number of allylic oxidation sites excluding steroid dienone is 2. The predicted molar refractivity (Wildman–Crippen MR) is 64.9 cm³/mol. The molecular formula is C13H8F9NO. The molecule has 24 heavy (non-hydrogen) atoms. The lowest BCUT2D eigenvalue weighted by molar-refractivity contribution is -0.165. The Bertz CT molecular complexity index is 621. The number of anilines is 1. The zero-order valence-electron chi connectivity index (χ0n) is 11.6. The summed E-state index contributed by atoms with van der Waals surface area (Å²) in [6.45, 7) is 0.886. The summed E-state index contributed by atoms with van der Waals surface area (Å²) in [5.41, 5.74) is -4.63. The van der Waals surface area contributed by atoms with Crippen molar-refractivity contribution in [2.45, 2.75) is 25.5 Å². The summed E-state index contributed by atoms with van der Waals surface area (Å²) >= 11 is 0. The van der Waals surface area contributed by atoms with E-state index in [9.17, 15) is 44.3 Å². The second-order valence-corrected chi connectivity index (χ2v) is 4.61. The molecule has 134 valence electrons. The van der Waals surface area contributed by atoms with Crippen molar-refractivity contribution >= 4 is 11.5 Å². The van der Waals surface area contributed by atoms with E-state index >= 15 is 0 Å². The monoisotopic (exact) mass is 365 g/mol. The number of hydrogen-bond donors (Lipinski definition) is 1. The Labute approximate surface area is 128 Å². The SMILES string of the molecule is CC(=CC(=O)C(F)(F)F)Nc1cc(C(F)(F)F)cc(C(F)(F)F)c1. The first-order valence-corrected chi connectivity index (χ1v) is 5.96. The van der Waals surface area contributed by atoms with Crippen molar-refractivity contribution in [3.63, 3.8) is 0 Å². The molecular weight excluding hydrogens is 357 g/mol. The smallest absolute Gasteiger partial charge is 0.359 e. The molecule has 0 aliphatic heterocycles. The maximum Gasteiger partial charge on any atom is 0.454 e. The predicted octanol–water partition coefficient (Wildman–Crippen LogP) is 5.17. The van der Waals surface area contributed by atoms with Gasteiger partial charge in [-0.3, -0.25) is 4.79 Å².